The maximum absolute atomic E-state index is 12.4. The second-order valence-electron chi connectivity index (χ2n) is 9.33. The number of nitrogens with zero attached hydrogens (tertiary/aromatic N) is 3. The maximum Gasteiger partial charge on any atom is 0.240 e. The van der Waals surface area contributed by atoms with Crippen molar-refractivity contribution < 1.29 is 16.8 Å². The number of rotatable bonds is 16. The van der Waals surface area contributed by atoms with E-state index in [1.165, 1.54) is 0 Å². The first-order valence-corrected chi connectivity index (χ1v) is 15.0. The van der Waals surface area contributed by atoms with Gasteiger partial charge in [-0.15, -0.1) is 0 Å². The number of sulfonamides is 2. The monoisotopic (exact) mass is 539 g/mol. The fourth-order valence-corrected chi connectivity index (χ4v) is 5.40. The van der Waals surface area contributed by atoms with Gasteiger partial charge in [-0.3, -0.25) is 0 Å². The van der Waals surface area contributed by atoms with E-state index in [1.807, 2.05) is 35.0 Å². The van der Waals surface area contributed by atoms with Crippen LogP contribution in [0.2, 0.25) is 0 Å². The Hall–Kier alpha value is -1.86. The Morgan fingerprint density at radius 1 is 0.528 bits per heavy atom. The molecule has 0 saturated carbocycles. The lowest BCUT2D eigenvalue weighted by Gasteiger charge is -2.24. The Balaban J connectivity index is 1.60. The molecule has 0 bridgehead atoms. The van der Waals surface area contributed by atoms with E-state index < -0.39 is 20.0 Å². The van der Waals surface area contributed by atoms with Gasteiger partial charge in [0.05, 0.1) is 9.79 Å². The van der Waals surface area contributed by atoms with Crippen LogP contribution in [0, 0.1) is 13.8 Å². The second kappa shape index (κ2) is 14.2. The van der Waals surface area contributed by atoms with Crippen LogP contribution in [-0.4, -0.2) is 105 Å². The van der Waals surface area contributed by atoms with E-state index in [4.69, 9.17) is 0 Å². The minimum Gasteiger partial charge on any atom is -0.304 e. The van der Waals surface area contributed by atoms with Gasteiger partial charge in [-0.25, -0.2) is 26.3 Å². The summed E-state index contributed by atoms with van der Waals surface area (Å²) in [5.74, 6) is 0. The van der Waals surface area contributed by atoms with E-state index in [9.17, 15) is 16.8 Å². The summed E-state index contributed by atoms with van der Waals surface area (Å²) < 4.78 is 54.8. The van der Waals surface area contributed by atoms with Gasteiger partial charge >= 0.3 is 0 Å². The molecule has 0 radical (unpaired) electrons. The average Bonchev–Trinajstić information content (AvgIpc) is 2.81. The molecule has 0 fully saturated rings. The van der Waals surface area contributed by atoms with Crippen LogP contribution >= 0.6 is 0 Å². The molecule has 0 atom stereocenters. The predicted octanol–water partition coefficient (Wildman–Crippen LogP) is 1.36. The van der Waals surface area contributed by atoms with Crippen molar-refractivity contribution in [3.05, 3.63) is 59.7 Å². The number of hydrogen-bond donors (Lipinski definition) is 2. The highest BCUT2D eigenvalue weighted by Gasteiger charge is 2.14. The summed E-state index contributed by atoms with van der Waals surface area (Å²) in [7, 11) is -0.996. The molecule has 0 spiro atoms. The molecule has 11 heteroatoms. The van der Waals surface area contributed by atoms with E-state index in [-0.39, 0.29) is 9.79 Å². The van der Waals surface area contributed by atoms with Crippen molar-refractivity contribution in [2.24, 2.45) is 0 Å². The molecular formula is C25H41N5O4S2. The third-order valence-electron chi connectivity index (χ3n) is 5.96. The van der Waals surface area contributed by atoms with Crippen molar-refractivity contribution in [3.8, 4) is 0 Å². The Morgan fingerprint density at radius 3 is 1.11 bits per heavy atom. The van der Waals surface area contributed by atoms with Crippen molar-refractivity contribution >= 4 is 20.0 Å². The van der Waals surface area contributed by atoms with E-state index in [0.717, 1.165) is 37.3 Å². The van der Waals surface area contributed by atoms with E-state index >= 15 is 0 Å². The molecular weight excluding hydrogens is 498 g/mol. The lowest BCUT2D eigenvalue weighted by molar-refractivity contribution is 0.228. The first-order chi connectivity index (χ1) is 16.9. The fraction of sp³-hybridized carbons (Fsp3) is 0.520. The molecule has 0 aliphatic carbocycles. The van der Waals surface area contributed by atoms with Crippen molar-refractivity contribution in [2.45, 2.75) is 23.6 Å². The number of likely N-dealkylation sites (N-methyl/N-ethyl adjacent to an activating group) is 3. The van der Waals surface area contributed by atoms with Gasteiger partial charge < -0.3 is 14.7 Å². The van der Waals surface area contributed by atoms with E-state index in [1.54, 1.807) is 48.5 Å². The standard InChI is InChI=1S/C25H41N5O4S2/c1-22-6-10-24(11-7-22)35(31,32)26-14-16-28(3)18-20-30(5)21-19-29(4)17-15-27-36(33,34)25-12-8-23(2)9-13-25/h6-13,26-27H,14-21H2,1-5H3. The van der Waals surface area contributed by atoms with Gasteiger partial charge in [0.25, 0.3) is 0 Å². The summed E-state index contributed by atoms with van der Waals surface area (Å²) in [6.45, 7) is 9.06. The number of benzene rings is 2. The van der Waals surface area contributed by atoms with Crippen LogP contribution in [0.5, 0.6) is 0 Å². The van der Waals surface area contributed by atoms with Gasteiger partial charge in [0, 0.05) is 52.4 Å². The fourth-order valence-electron chi connectivity index (χ4n) is 3.36. The van der Waals surface area contributed by atoms with Crippen molar-refractivity contribution in [2.75, 3.05) is 73.5 Å². The van der Waals surface area contributed by atoms with Crippen LogP contribution in [-0.2, 0) is 20.0 Å². The third kappa shape index (κ3) is 10.6. The first kappa shape index (κ1) is 30.4. The highest BCUT2D eigenvalue weighted by Crippen LogP contribution is 2.10. The molecule has 0 aliphatic rings. The van der Waals surface area contributed by atoms with Crippen LogP contribution < -0.4 is 9.44 Å². The minimum absolute atomic E-state index is 0.280. The summed E-state index contributed by atoms with van der Waals surface area (Å²) in [6.07, 6.45) is 0. The van der Waals surface area contributed by atoms with Crippen LogP contribution in [0.25, 0.3) is 0 Å². The van der Waals surface area contributed by atoms with Crippen molar-refractivity contribution in [3.63, 3.8) is 0 Å². The van der Waals surface area contributed by atoms with Gasteiger partial charge in [-0.2, -0.15) is 0 Å². The number of nitrogens with one attached hydrogen (secondary N) is 2. The molecule has 2 aromatic rings. The molecule has 0 saturated heterocycles. The average molecular weight is 540 g/mol. The van der Waals surface area contributed by atoms with E-state index in [2.05, 4.69) is 24.1 Å². The van der Waals surface area contributed by atoms with Crippen LogP contribution in [0.15, 0.2) is 58.3 Å². The molecule has 0 aromatic heterocycles. The van der Waals surface area contributed by atoms with Gasteiger partial charge in [0.1, 0.15) is 0 Å². The van der Waals surface area contributed by atoms with Gasteiger partial charge in [0.2, 0.25) is 20.0 Å². The highest BCUT2D eigenvalue weighted by atomic mass is 32.2. The molecule has 0 aliphatic heterocycles. The molecule has 2 aromatic carbocycles. The molecule has 202 valence electrons. The molecule has 2 rings (SSSR count). The van der Waals surface area contributed by atoms with Gasteiger partial charge in [-0.05, 0) is 59.3 Å². The first-order valence-electron chi connectivity index (χ1n) is 12.1. The zero-order valence-corrected chi connectivity index (χ0v) is 23.7. The molecule has 2 N–H and O–H groups in total. The third-order valence-corrected chi connectivity index (χ3v) is 8.91. The lowest BCUT2D eigenvalue weighted by atomic mass is 10.2. The zero-order valence-electron chi connectivity index (χ0n) is 22.1. The Bertz CT molecular complexity index is 1050. The summed E-state index contributed by atoms with van der Waals surface area (Å²) in [4.78, 5) is 6.96. The summed E-state index contributed by atoms with van der Waals surface area (Å²) in [6, 6.07) is 13.6. The Labute approximate surface area is 217 Å². The van der Waals surface area contributed by atoms with Crippen LogP contribution in [0.1, 0.15) is 11.1 Å². The topological polar surface area (TPSA) is 102 Å². The number of hydrogen-bond acceptors (Lipinski definition) is 7. The van der Waals surface area contributed by atoms with Crippen LogP contribution in [0.4, 0.5) is 0 Å². The quantitative estimate of drug-likeness (QED) is 0.332. The largest absolute Gasteiger partial charge is 0.304 e. The molecule has 0 unspecified atom stereocenters. The van der Waals surface area contributed by atoms with Crippen molar-refractivity contribution in [1.29, 1.82) is 0 Å². The highest BCUT2D eigenvalue weighted by molar-refractivity contribution is 7.89. The molecule has 0 amide bonds. The number of aryl methyl sites for hydroxylation is 2. The summed E-state index contributed by atoms with van der Waals surface area (Å²) in [5.41, 5.74) is 2.04. The van der Waals surface area contributed by atoms with Crippen molar-refractivity contribution in [1.82, 2.24) is 24.1 Å². The maximum atomic E-state index is 12.4. The molecule has 36 heavy (non-hydrogen) atoms. The Kier molecular flexibility index (Phi) is 12.0. The molecule has 0 heterocycles. The lowest BCUT2D eigenvalue weighted by Crippen LogP contribution is -2.39. The summed E-state index contributed by atoms with van der Waals surface area (Å²) >= 11 is 0. The van der Waals surface area contributed by atoms with Crippen LogP contribution in [0.3, 0.4) is 0 Å². The summed E-state index contributed by atoms with van der Waals surface area (Å²) in [5, 5.41) is 0. The predicted molar refractivity (Wildman–Crippen MR) is 145 cm³/mol. The molecule has 9 nitrogen and oxygen atoms in total. The SMILES string of the molecule is Cc1ccc(S(=O)(=O)NCCN(C)CCN(C)CCN(C)CCNS(=O)(=O)c2ccc(C)cc2)cc1. The minimum atomic E-state index is -3.49. The van der Waals surface area contributed by atoms with Gasteiger partial charge in [0.15, 0.2) is 0 Å². The normalized spacial score (nSPS) is 12.7. The smallest absolute Gasteiger partial charge is 0.240 e. The zero-order chi connectivity index (χ0) is 26.8. The second-order valence-corrected chi connectivity index (χ2v) is 12.9. The van der Waals surface area contributed by atoms with E-state index in [0.29, 0.717) is 26.2 Å². The van der Waals surface area contributed by atoms with Gasteiger partial charge in [-0.1, -0.05) is 35.4 Å². The Morgan fingerprint density at radius 2 is 0.806 bits per heavy atom.